The van der Waals surface area contributed by atoms with Crippen LogP contribution in [-0.2, 0) is 30.1 Å². The predicted molar refractivity (Wildman–Crippen MR) is 167 cm³/mol. The van der Waals surface area contributed by atoms with Crippen molar-refractivity contribution in [2.24, 2.45) is 5.92 Å². The molecule has 2 aromatic carbocycles. The highest BCUT2D eigenvalue weighted by Crippen LogP contribution is 2.42. The van der Waals surface area contributed by atoms with Gasteiger partial charge in [-0.3, -0.25) is 4.90 Å². The minimum atomic E-state index is -5.07. The van der Waals surface area contributed by atoms with Gasteiger partial charge in [-0.1, -0.05) is 36.4 Å². The molecule has 0 amide bonds. The fourth-order valence-electron chi connectivity index (χ4n) is 5.58. The first-order valence-corrected chi connectivity index (χ1v) is 16.0. The van der Waals surface area contributed by atoms with E-state index in [0.717, 1.165) is 36.6 Å². The number of rotatable bonds is 14. The Morgan fingerprint density at radius 3 is 2.22 bits per heavy atom. The molecule has 1 saturated carbocycles. The van der Waals surface area contributed by atoms with Crippen LogP contribution >= 0.6 is 0 Å². The van der Waals surface area contributed by atoms with E-state index >= 15 is 0 Å². The zero-order chi connectivity index (χ0) is 37.0. The number of carbonyl (C=O) groups excluding carboxylic acids is 1. The largest absolute Gasteiger partial charge is 0.488 e. The van der Waals surface area contributed by atoms with Crippen molar-refractivity contribution in [2.45, 2.75) is 57.7 Å². The van der Waals surface area contributed by atoms with Gasteiger partial charge in [-0.25, -0.2) is 14.5 Å². The molecule has 0 spiro atoms. The molecule has 0 atom stereocenters. The van der Waals surface area contributed by atoms with Gasteiger partial charge < -0.3 is 9.47 Å². The maximum atomic E-state index is 14.2. The third kappa shape index (κ3) is 10.0. The van der Waals surface area contributed by atoms with E-state index in [1.54, 1.807) is 24.3 Å². The Morgan fingerprint density at radius 2 is 1.59 bits per heavy atom. The number of aromatic nitrogens is 3. The molecule has 7 nitrogen and oxygen atoms in total. The number of esters is 1. The summed E-state index contributed by atoms with van der Waals surface area (Å²) in [5.41, 5.74) is -2.46. The molecule has 0 saturated heterocycles. The Bertz CT molecular complexity index is 1800. The van der Waals surface area contributed by atoms with Crippen molar-refractivity contribution in [2.75, 3.05) is 26.2 Å². The van der Waals surface area contributed by atoms with Crippen LogP contribution in [0.25, 0.3) is 17.1 Å². The minimum Gasteiger partial charge on any atom is -0.488 e. The minimum absolute atomic E-state index is 0.161. The Morgan fingerprint density at radius 1 is 0.902 bits per heavy atom. The maximum Gasteiger partial charge on any atom is 0.434 e. The van der Waals surface area contributed by atoms with Crippen molar-refractivity contribution in [3.8, 4) is 22.8 Å². The maximum absolute atomic E-state index is 14.2. The van der Waals surface area contributed by atoms with Gasteiger partial charge in [0.2, 0.25) is 0 Å². The normalized spacial score (nSPS) is 13.9. The molecule has 1 fully saturated rings. The second kappa shape index (κ2) is 15.3. The topological polar surface area (TPSA) is 69.5 Å². The zero-order valence-electron chi connectivity index (χ0n) is 27.2. The molecular weight excluding hydrogens is 695 g/mol. The van der Waals surface area contributed by atoms with Gasteiger partial charge in [0.1, 0.15) is 17.9 Å². The van der Waals surface area contributed by atoms with Gasteiger partial charge in [0.15, 0.2) is 11.5 Å². The Hall–Kier alpha value is -4.60. The van der Waals surface area contributed by atoms with Crippen LogP contribution in [-0.4, -0.2) is 58.1 Å². The van der Waals surface area contributed by atoms with E-state index in [0.29, 0.717) is 41.7 Å². The molecular formula is C35H33F9N4O3. The number of pyridine rings is 1. The standard InChI is InChI=1S/C35H33F9N4O3/c1-2-50-32(49)26-18-45-48(31(26)35(42,43)44)29-10-4-9-28(46-29)25-7-3-8-27(34(39,40)41)30(25)51-20-24-15-11-22(12-16-24)6-5-17-47(19-23-13-14-23)21-33(36,37)38/h3-4,7-12,15-16,18,23H,2,5-6,13-14,17,19-21H2,1H3. The van der Waals surface area contributed by atoms with Crippen LogP contribution in [0.2, 0.25) is 0 Å². The summed E-state index contributed by atoms with van der Waals surface area (Å²) in [5, 5.41) is 3.68. The van der Waals surface area contributed by atoms with Crippen LogP contribution in [0.4, 0.5) is 39.5 Å². The SMILES string of the molecule is CCOC(=O)c1cnn(-c2cccc(-c3cccc(C(F)(F)F)c3OCc3ccc(CCCN(CC4CC4)CC(F)(F)F)cc3)n2)c1C(F)(F)F. The lowest BCUT2D eigenvalue weighted by atomic mass is 10.0. The first kappa shape index (κ1) is 37.7. The molecule has 16 heteroatoms. The van der Waals surface area contributed by atoms with E-state index in [4.69, 9.17) is 9.47 Å². The second-order valence-corrected chi connectivity index (χ2v) is 12.1. The average molecular weight is 729 g/mol. The van der Waals surface area contributed by atoms with Gasteiger partial charge >= 0.3 is 24.5 Å². The number of para-hydroxylation sites is 1. The van der Waals surface area contributed by atoms with E-state index < -0.39 is 59.4 Å². The molecule has 0 unspecified atom stereocenters. The molecule has 1 aliphatic rings. The Kier molecular flexibility index (Phi) is 11.3. The lowest BCUT2D eigenvalue weighted by molar-refractivity contribution is -0.146. The van der Waals surface area contributed by atoms with E-state index in [1.165, 1.54) is 30.0 Å². The summed E-state index contributed by atoms with van der Waals surface area (Å²) in [4.78, 5) is 17.8. The van der Waals surface area contributed by atoms with Crippen molar-refractivity contribution in [3.05, 3.63) is 94.8 Å². The summed E-state index contributed by atoms with van der Waals surface area (Å²) < 4.78 is 135. The van der Waals surface area contributed by atoms with Crippen molar-refractivity contribution < 1.29 is 53.8 Å². The molecule has 0 N–H and O–H groups in total. The van der Waals surface area contributed by atoms with Crippen LogP contribution in [0.1, 0.15) is 58.9 Å². The second-order valence-electron chi connectivity index (χ2n) is 12.1. The Balaban J connectivity index is 1.35. The number of benzene rings is 2. The van der Waals surface area contributed by atoms with E-state index in [9.17, 15) is 44.3 Å². The number of aryl methyl sites for hydroxylation is 1. The number of hydrogen-bond donors (Lipinski definition) is 0. The fraction of sp³-hybridized carbons (Fsp3) is 0.400. The first-order chi connectivity index (χ1) is 24.0. The average Bonchev–Trinajstić information content (AvgIpc) is 3.74. The van der Waals surface area contributed by atoms with Crippen LogP contribution in [0.3, 0.4) is 0 Å². The summed E-state index contributed by atoms with van der Waals surface area (Å²) in [5.74, 6) is -1.99. The number of hydrogen-bond acceptors (Lipinski definition) is 6. The van der Waals surface area contributed by atoms with E-state index in [2.05, 4.69) is 10.1 Å². The van der Waals surface area contributed by atoms with Crippen LogP contribution in [0.15, 0.2) is 66.9 Å². The highest BCUT2D eigenvalue weighted by atomic mass is 19.4. The molecule has 51 heavy (non-hydrogen) atoms. The van der Waals surface area contributed by atoms with Crippen molar-refractivity contribution in [1.82, 2.24) is 19.7 Å². The molecule has 0 aliphatic heterocycles. The van der Waals surface area contributed by atoms with Gasteiger partial charge in [0.25, 0.3) is 0 Å². The summed E-state index contributed by atoms with van der Waals surface area (Å²) in [7, 11) is 0. The zero-order valence-corrected chi connectivity index (χ0v) is 27.2. The smallest absolute Gasteiger partial charge is 0.434 e. The molecule has 274 valence electrons. The monoisotopic (exact) mass is 728 g/mol. The van der Waals surface area contributed by atoms with Gasteiger partial charge in [-0.05, 0) is 80.5 Å². The van der Waals surface area contributed by atoms with Gasteiger partial charge in [-0.15, -0.1) is 0 Å². The quantitative estimate of drug-likeness (QED) is 0.0955. The lowest BCUT2D eigenvalue weighted by Gasteiger charge is -2.23. The van der Waals surface area contributed by atoms with E-state index in [-0.39, 0.29) is 31.0 Å². The predicted octanol–water partition coefficient (Wildman–Crippen LogP) is 8.93. The van der Waals surface area contributed by atoms with Crippen LogP contribution < -0.4 is 4.74 Å². The number of halogens is 9. The van der Waals surface area contributed by atoms with Crippen molar-refractivity contribution in [1.29, 1.82) is 0 Å². The highest BCUT2D eigenvalue weighted by Gasteiger charge is 2.42. The molecule has 2 aromatic heterocycles. The first-order valence-electron chi connectivity index (χ1n) is 16.0. The molecule has 2 heterocycles. The summed E-state index contributed by atoms with van der Waals surface area (Å²) in [6.45, 7) is 0.632. The lowest BCUT2D eigenvalue weighted by Crippen LogP contribution is -2.36. The number of ether oxygens (including phenoxy) is 2. The highest BCUT2D eigenvalue weighted by molar-refractivity contribution is 5.90. The number of alkyl halides is 9. The van der Waals surface area contributed by atoms with Crippen LogP contribution in [0, 0.1) is 5.92 Å². The molecule has 1 aliphatic carbocycles. The Labute approximate surface area is 287 Å². The fourth-order valence-corrected chi connectivity index (χ4v) is 5.58. The third-order valence-corrected chi connectivity index (χ3v) is 8.04. The molecule has 0 bridgehead atoms. The molecule has 0 radical (unpaired) electrons. The third-order valence-electron chi connectivity index (χ3n) is 8.04. The molecule has 5 rings (SSSR count). The summed E-state index contributed by atoms with van der Waals surface area (Å²) >= 11 is 0. The van der Waals surface area contributed by atoms with E-state index in [1.807, 2.05) is 0 Å². The summed E-state index contributed by atoms with van der Waals surface area (Å²) in [6.07, 6.45) is -10.7. The van der Waals surface area contributed by atoms with Gasteiger partial charge in [0, 0.05) is 12.1 Å². The molecule has 4 aromatic rings. The number of nitrogens with zero attached hydrogens (tertiary/aromatic N) is 4. The van der Waals surface area contributed by atoms with Crippen molar-refractivity contribution >= 4 is 5.97 Å². The number of carbonyl (C=O) groups is 1. The van der Waals surface area contributed by atoms with Crippen LogP contribution in [0.5, 0.6) is 5.75 Å². The van der Waals surface area contributed by atoms with Gasteiger partial charge in [0.05, 0.1) is 30.6 Å². The van der Waals surface area contributed by atoms with Gasteiger partial charge in [-0.2, -0.15) is 44.6 Å². The van der Waals surface area contributed by atoms with Crippen molar-refractivity contribution in [3.63, 3.8) is 0 Å². The summed E-state index contributed by atoms with van der Waals surface area (Å²) in [6, 6.07) is 13.6.